The molecule has 3 rings (SSSR count). The fraction of sp³-hybridized carbons (Fsp3) is 0.458. The van der Waals surface area contributed by atoms with Crippen molar-refractivity contribution < 1.29 is 4.74 Å². The number of ether oxygens (including phenoxy) is 1. The highest BCUT2D eigenvalue weighted by Gasteiger charge is 2.23. The molecule has 0 saturated heterocycles. The molecule has 0 heterocycles. The van der Waals surface area contributed by atoms with Crippen LogP contribution in [-0.4, -0.2) is 12.7 Å². The zero-order chi connectivity index (χ0) is 18.4. The van der Waals surface area contributed by atoms with Crippen molar-refractivity contribution in [1.29, 1.82) is 5.26 Å². The maximum absolute atomic E-state index is 8.91. The lowest BCUT2D eigenvalue weighted by atomic mass is 9.82. The molecule has 1 unspecified atom stereocenters. The van der Waals surface area contributed by atoms with E-state index in [9.17, 15) is 0 Å². The summed E-state index contributed by atoms with van der Waals surface area (Å²) in [7, 11) is 0. The fourth-order valence-electron chi connectivity index (χ4n) is 3.67. The van der Waals surface area contributed by atoms with Crippen LogP contribution in [0.1, 0.15) is 63.0 Å². The van der Waals surface area contributed by atoms with Gasteiger partial charge in [-0.25, -0.2) is 0 Å². The molecule has 136 valence electrons. The van der Waals surface area contributed by atoms with Gasteiger partial charge in [0.25, 0.3) is 0 Å². The van der Waals surface area contributed by atoms with Gasteiger partial charge in [-0.2, -0.15) is 5.26 Å². The van der Waals surface area contributed by atoms with Crippen LogP contribution < -0.4 is 0 Å². The van der Waals surface area contributed by atoms with Gasteiger partial charge in [-0.15, -0.1) is 0 Å². The second-order valence-corrected chi connectivity index (χ2v) is 7.63. The molecule has 26 heavy (non-hydrogen) atoms. The molecule has 0 radical (unpaired) electrons. The van der Waals surface area contributed by atoms with E-state index in [0.29, 0.717) is 23.5 Å². The standard InChI is InChI=1S/C24H29NO/c1-3-18(2)17-26-24-14-12-23(13-15-24)22-10-8-21(9-11-22)20-6-4-19(16-25)5-7-20/h4-11,18,23-24H,3,12-15,17H2,1-2H3/t18?,23-,24-. The number of nitriles is 1. The number of hydrogen-bond donors (Lipinski definition) is 0. The van der Waals surface area contributed by atoms with E-state index in [0.717, 1.165) is 12.2 Å². The van der Waals surface area contributed by atoms with Crippen molar-refractivity contribution in [3.05, 3.63) is 59.7 Å². The normalized spacial score (nSPS) is 21.1. The van der Waals surface area contributed by atoms with Gasteiger partial charge >= 0.3 is 0 Å². The molecule has 0 bridgehead atoms. The van der Waals surface area contributed by atoms with E-state index in [4.69, 9.17) is 10.00 Å². The average Bonchev–Trinajstić information content (AvgIpc) is 2.72. The molecule has 2 heteroatoms. The summed E-state index contributed by atoms with van der Waals surface area (Å²) >= 11 is 0. The van der Waals surface area contributed by atoms with E-state index in [1.807, 2.05) is 24.3 Å². The maximum Gasteiger partial charge on any atom is 0.0991 e. The van der Waals surface area contributed by atoms with E-state index in [-0.39, 0.29) is 0 Å². The zero-order valence-corrected chi connectivity index (χ0v) is 15.9. The minimum atomic E-state index is 0.457. The molecule has 0 aliphatic heterocycles. The van der Waals surface area contributed by atoms with Gasteiger partial charge in [-0.3, -0.25) is 0 Å². The molecule has 2 aromatic carbocycles. The smallest absolute Gasteiger partial charge is 0.0991 e. The van der Waals surface area contributed by atoms with Gasteiger partial charge in [0, 0.05) is 6.61 Å². The Kier molecular flexibility index (Phi) is 6.47. The first-order valence-corrected chi connectivity index (χ1v) is 9.91. The van der Waals surface area contributed by atoms with Crippen molar-refractivity contribution in [3.63, 3.8) is 0 Å². The molecule has 1 atom stereocenters. The van der Waals surface area contributed by atoms with Crippen molar-refractivity contribution >= 4 is 0 Å². The Balaban J connectivity index is 1.55. The number of benzene rings is 2. The van der Waals surface area contributed by atoms with Crippen LogP contribution in [0.3, 0.4) is 0 Å². The Bertz CT molecular complexity index is 718. The molecule has 2 nitrogen and oxygen atoms in total. The second-order valence-electron chi connectivity index (χ2n) is 7.63. The van der Waals surface area contributed by atoms with E-state index in [2.05, 4.69) is 44.2 Å². The number of nitrogens with zero attached hydrogens (tertiary/aromatic N) is 1. The molecule has 1 saturated carbocycles. The first-order chi connectivity index (χ1) is 12.7. The van der Waals surface area contributed by atoms with Crippen LogP contribution in [-0.2, 0) is 4.74 Å². The van der Waals surface area contributed by atoms with Crippen molar-refractivity contribution in [2.24, 2.45) is 5.92 Å². The quantitative estimate of drug-likeness (QED) is 0.613. The lowest BCUT2D eigenvalue weighted by Gasteiger charge is -2.29. The SMILES string of the molecule is CCC(C)CO[C@H]1CC[C@H](c2ccc(-c3ccc(C#N)cc3)cc2)CC1. The van der Waals surface area contributed by atoms with Crippen LogP contribution >= 0.6 is 0 Å². The lowest BCUT2D eigenvalue weighted by Crippen LogP contribution is -2.22. The molecule has 1 aliphatic carbocycles. The molecule has 0 amide bonds. The predicted molar refractivity (Wildman–Crippen MR) is 107 cm³/mol. The second kappa shape index (κ2) is 9.01. The molecule has 0 N–H and O–H groups in total. The summed E-state index contributed by atoms with van der Waals surface area (Å²) in [4.78, 5) is 0. The topological polar surface area (TPSA) is 33.0 Å². The van der Waals surface area contributed by atoms with Crippen LogP contribution in [0.4, 0.5) is 0 Å². The summed E-state index contributed by atoms with van der Waals surface area (Å²) in [6, 6.07) is 18.9. The summed E-state index contributed by atoms with van der Waals surface area (Å²) in [5.41, 5.74) is 4.53. The van der Waals surface area contributed by atoms with E-state index < -0.39 is 0 Å². The highest BCUT2D eigenvalue weighted by molar-refractivity contribution is 5.64. The third-order valence-corrected chi connectivity index (χ3v) is 5.72. The van der Waals surface area contributed by atoms with Gasteiger partial charge in [-0.05, 0) is 66.3 Å². The largest absolute Gasteiger partial charge is 0.378 e. The molecule has 1 aliphatic rings. The zero-order valence-electron chi connectivity index (χ0n) is 15.9. The number of rotatable bonds is 6. The van der Waals surface area contributed by atoms with Crippen LogP contribution in [0, 0.1) is 17.2 Å². The Morgan fingerprint density at radius 1 is 0.962 bits per heavy atom. The van der Waals surface area contributed by atoms with E-state index in [1.165, 1.54) is 43.2 Å². The summed E-state index contributed by atoms with van der Waals surface area (Å²) in [5, 5.41) is 8.91. The summed E-state index contributed by atoms with van der Waals surface area (Å²) in [6.45, 7) is 5.40. The lowest BCUT2D eigenvalue weighted by molar-refractivity contribution is 0.00706. The summed E-state index contributed by atoms with van der Waals surface area (Å²) in [6.07, 6.45) is 6.46. The van der Waals surface area contributed by atoms with Crippen molar-refractivity contribution in [1.82, 2.24) is 0 Å². The third kappa shape index (κ3) is 4.74. The highest BCUT2D eigenvalue weighted by atomic mass is 16.5. The Hall–Kier alpha value is -2.11. The predicted octanol–water partition coefficient (Wildman–Crippen LogP) is 6.31. The molecular formula is C24H29NO. The highest BCUT2D eigenvalue weighted by Crippen LogP contribution is 2.35. The minimum Gasteiger partial charge on any atom is -0.378 e. The molecule has 0 spiro atoms. The van der Waals surface area contributed by atoms with Crippen LogP contribution in [0.25, 0.3) is 11.1 Å². The molecule has 1 fully saturated rings. The van der Waals surface area contributed by atoms with Gasteiger partial charge in [0.05, 0.1) is 17.7 Å². The van der Waals surface area contributed by atoms with Crippen LogP contribution in [0.2, 0.25) is 0 Å². The number of hydrogen-bond acceptors (Lipinski definition) is 2. The Morgan fingerprint density at radius 2 is 1.54 bits per heavy atom. The summed E-state index contributed by atoms with van der Waals surface area (Å²) in [5.74, 6) is 1.33. The van der Waals surface area contributed by atoms with Crippen LogP contribution in [0.15, 0.2) is 48.5 Å². The Labute approximate surface area is 157 Å². The van der Waals surface area contributed by atoms with Gasteiger partial charge in [0.1, 0.15) is 0 Å². The van der Waals surface area contributed by atoms with Crippen LogP contribution in [0.5, 0.6) is 0 Å². The Morgan fingerprint density at radius 3 is 2.08 bits per heavy atom. The first-order valence-electron chi connectivity index (χ1n) is 9.91. The van der Waals surface area contributed by atoms with Gasteiger partial charge in [-0.1, -0.05) is 56.7 Å². The van der Waals surface area contributed by atoms with Gasteiger partial charge < -0.3 is 4.74 Å². The third-order valence-electron chi connectivity index (χ3n) is 5.72. The maximum atomic E-state index is 8.91. The van der Waals surface area contributed by atoms with Gasteiger partial charge in [0.15, 0.2) is 0 Å². The van der Waals surface area contributed by atoms with E-state index >= 15 is 0 Å². The monoisotopic (exact) mass is 347 g/mol. The minimum absolute atomic E-state index is 0.457. The van der Waals surface area contributed by atoms with Crippen molar-refractivity contribution in [2.45, 2.75) is 58.0 Å². The molecule has 0 aromatic heterocycles. The van der Waals surface area contributed by atoms with Crippen molar-refractivity contribution in [2.75, 3.05) is 6.61 Å². The fourth-order valence-corrected chi connectivity index (χ4v) is 3.67. The van der Waals surface area contributed by atoms with Crippen molar-refractivity contribution in [3.8, 4) is 17.2 Å². The summed E-state index contributed by atoms with van der Waals surface area (Å²) < 4.78 is 6.09. The van der Waals surface area contributed by atoms with E-state index in [1.54, 1.807) is 0 Å². The first kappa shape index (κ1) is 18.7. The average molecular weight is 348 g/mol. The molecule has 2 aromatic rings. The van der Waals surface area contributed by atoms with Gasteiger partial charge in [0.2, 0.25) is 0 Å². The molecular weight excluding hydrogens is 318 g/mol.